The summed E-state index contributed by atoms with van der Waals surface area (Å²) in [5, 5.41) is 3.06. The van der Waals surface area contributed by atoms with Gasteiger partial charge in [-0.1, -0.05) is 6.07 Å². The molecule has 0 radical (unpaired) electrons. The second-order valence-corrected chi connectivity index (χ2v) is 9.27. The quantitative estimate of drug-likeness (QED) is 0.408. The van der Waals surface area contributed by atoms with Gasteiger partial charge in [0.15, 0.2) is 5.96 Å². The molecule has 2 aromatic rings. The van der Waals surface area contributed by atoms with E-state index < -0.39 is 10.0 Å². The van der Waals surface area contributed by atoms with Crippen molar-refractivity contribution in [1.29, 1.82) is 0 Å². The fraction of sp³-hybridized carbons (Fsp3) is 0.353. The van der Waals surface area contributed by atoms with Gasteiger partial charge in [0.25, 0.3) is 0 Å². The molecule has 1 aromatic heterocycles. The van der Waals surface area contributed by atoms with Gasteiger partial charge in [0.05, 0.1) is 6.54 Å². The summed E-state index contributed by atoms with van der Waals surface area (Å²) in [6.45, 7) is 2.35. The van der Waals surface area contributed by atoms with Gasteiger partial charge in [-0.3, -0.25) is 4.99 Å². The van der Waals surface area contributed by atoms with Crippen LogP contribution in [0.1, 0.15) is 22.4 Å². The van der Waals surface area contributed by atoms with E-state index in [4.69, 9.17) is 5.73 Å². The lowest BCUT2D eigenvalue weighted by Crippen LogP contribution is -2.28. The van der Waals surface area contributed by atoms with Crippen LogP contribution in [0.4, 0.5) is 5.69 Å². The summed E-state index contributed by atoms with van der Waals surface area (Å²) in [5.41, 5.74) is 9.55. The number of nitrogens with zero attached hydrogens (tertiary/aromatic N) is 1. The number of benzene rings is 1. The Morgan fingerprint density at radius 1 is 1.24 bits per heavy atom. The zero-order chi connectivity index (χ0) is 17.9. The highest BCUT2D eigenvalue weighted by atomic mass is 32.2. The number of aryl methyl sites for hydroxylation is 3. The smallest absolute Gasteiger partial charge is 0.250 e. The first-order chi connectivity index (χ1) is 11.9. The number of thiophene rings is 1. The van der Waals surface area contributed by atoms with E-state index >= 15 is 0 Å². The van der Waals surface area contributed by atoms with Crippen LogP contribution in [0.5, 0.6) is 0 Å². The lowest BCUT2D eigenvalue weighted by Gasteiger charge is -2.08. The minimum atomic E-state index is -3.47. The van der Waals surface area contributed by atoms with Crippen molar-refractivity contribution in [3.8, 4) is 0 Å². The van der Waals surface area contributed by atoms with Crippen molar-refractivity contribution in [3.05, 3.63) is 46.3 Å². The zero-order valence-corrected chi connectivity index (χ0v) is 15.7. The number of hydrogen-bond donors (Lipinski definition) is 3. The third kappa shape index (κ3) is 4.59. The van der Waals surface area contributed by atoms with E-state index in [9.17, 15) is 8.42 Å². The van der Waals surface area contributed by atoms with Gasteiger partial charge in [0.1, 0.15) is 4.21 Å². The summed E-state index contributed by atoms with van der Waals surface area (Å²) in [7, 11) is -3.47. The topological polar surface area (TPSA) is 96.6 Å². The van der Waals surface area contributed by atoms with Crippen molar-refractivity contribution in [2.45, 2.75) is 30.4 Å². The van der Waals surface area contributed by atoms with Gasteiger partial charge < -0.3 is 11.1 Å². The number of anilines is 1. The molecular formula is C17H22N4O2S2. The molecule has 0 amide bonds. The molecular weight excluding hydrogens is 356 g/mol. The number of aliphatic imine (C=N–C) groups is 1. The standard InChI is InChI=1S/C17H22N4O2S2/c1-12-5-8-16(24-12)25(22,23)20-10-9-19-17(18)21-15-7-6-13-3-2-4-14(13)11-15/h5-8,11,20H,2-4,9-10H2,1H3,(H3,18,19,21). The molecule has 0 saturated heterocycles. The molecule has 1 heterocycles. The van der Waals surface area contributed by atoms with Crippen LogP contribution in [0.15, 0.2) is 39.5 Å². The van der Waals surface area contributed by atoms with Crippen LogP contribution in [-0.4, -0.2) is 27.5 Å². The minimum Gasteiger partial charge on any atom is -0.370 e. The summed E-state index contributed by atoms with van der Waals surface area (Å²) in [5.74, 6) is 0.282. The fourth-order valence-electron chi connectivity index (χ4n) is 2.82. The molecule has 134 valence electrons. The van der Waals surface area contributed by atoms with Crippen molar-refractivity contribution >= 4 is 33.0 Å². The number of nitrogens with one attached hydrogen (secondary N) is 2. The van der Waals surface area contributed by atoms with E-state index in [-0.39, 0.29) is 19.0 Å². The summed E-state index contributed by atoms with van der Waals surface area (Å²) in [4.78, 5) is 5.13. The third-order valence-corrected chi connectivity index (χ3v) is 6.99. The van der Waals surface area contributed by atoms with Crippen LogP contribution in [0, 0.1) is 6.92 Å². The van der Waals surface area contributed by atoms with Crippen LogP contribution in [-0.2, 0) is 22.9 Å². The van der Waals surface area contributed by atoms with Crippen LogP contribution >= 0.6 is 11.3 Å². The van der Waals surface area contributed by atoms with Gasteiger partial charge in [0, 0.05) is 17.1 Å². The number of rotatable bonds is 6. The van der Waals surface area contributed by atoms with Gasteiger partial charge in [-0.2, -0.15) is 0 Å². The average molecular weight is 379 g/mol. The first kappa shape index (κ1) is 17.9. The molecule has 0 fully saturated rings. The number of fused-ring (bicyclic) bond motifs is 1. The second-order valence-electron chi connectivity index (χ2n) is 5.99. The zero-order valence-electron chi connectivity index (χ0n) is 14.1. The van der Waals surface area contributed by atoms with E-state index in [1.165, 1.54) is 28.9 Å². The number of guanidine groups is 1. The van der Waals surface area contributed by atoms with E-state index in [0.717, 1.165) is 23.4 Å². The molecule has 25 heavy (non-hydrogen) atoms. The van der Waals surface area contributed by atoms with Crippen LogP contribution in [0.25, 0.3) is 0 Å². The molecule has 1 aliphatic rings. The predicted octanol–water partition coefficient (Wildman–Crippen LogP) is 2.25. The Morgan fingerprint density at radius 2 is 2.04 bits per heavy atom. The molecule has 0 bridgehead atoms. The highest BCUT2D eigenvalue weighted by Crippen LogP contribution is 2.24. The summed E-state index contributed by atoms with van der Waals surface area (Å²) < 4.78 is 27.0. The van der Waals surface area contributed by atoms with Crippen molar-refractivity contribution < 1.29 is 8.42 Å². The van der Waals surface area contributed by atoms with Crippen molar-refractivity contribution in [1.82, 2.24) is 4.72 Å². The molecule has 6 nitrogen and oxygen atoms in total. The molecule has 1 aromatic carbocycles. The van der Waals surface area contributed by atoms with E-state index in [1.54, 1.807) is 12.1 Å². The van der Waals surface area contributed by atoms with Crippen molar-refractivity contribution in [2.75, 3.05) is 18.4 Å². The first-order valence-corrected chi connectivity index (χ1v) is 10.5. The van der Waals surface area contributed by atoms with Crippen LogP contribution in [0.3, 0.4) is 0 Å². The van der Waals surface area contributed by atoms with Gasteiger partial charge >= 0.3 is 0 Å². The van der Waals surface area contributed by atoms with E-state index in [0.29, 0.717) is 4.21 Å². The Balaban J connectivity index is 1.50. The molecule has 4 N–H and O–H groups in total. The average Bonchev–Trinajstić information content (AvgIpc) is 3.20. The maximum Gasteiger partial charge on any atom is 0.250 e. The van der Waals surface area contributed by atoms with E-state index in [2.05, 4.69) is 27.2 Å². The highest BCUT2D eigenvalue weighted by molar-refractivity contribution is 7.91. The molecule has 0 saturated carbocycles. The van der Waals surface area contributed by atoms with Gasteiger partial charge in [-0.25, -0.2) is 13.1 Å². The summed E-state index contributed by atoms with van der Waals surface area (Å²) in [6.07, 6.45) is 3.45. The Bertz CT molecular complexity index is 888. The highest BCUT2D eigenvalue weighted by Gasteiger charge is 2.15. The van der Waals surface area contributed by atoms with Gasteiger partial charge in [-0.05, 0) is 61.6 Å². The molecule has 3 rings (SSSR count). The maximum absolute atomic E-state index is 12.1. The SMILES string of the molecule is Cc1ccc(S(=O)(=O)NCCN=C(N)Nc2ccc3c(c2)CCC3)s1. The van der Waals surface area contributed by atoms with Crippen molar-refractivity contribution in [3.63, 3.8) is 0 Å². The fourth-order valence-corrected chi connectivity index (χ4v) is 5.17. The Labute approximate surface area is 152 Å². The predicted molar refractivity (Wildman–Crippen MR) is 103 cm³/mol. The Hall–Kier alpha value is -1.90. The van der Waals surface area contributed by atoms with Crippen molar-refractivity contribution in [2.24, 2.45) is 10.7 Å². The summed E-state index contributed by atoms with van der Waals surface area (Å²) in [6, 6.07) is 9.61. The largest absolute Gasteiger partial charge is 0.370 e. The molecule has 0 aliphatic heterocycles. The molecule has 0 atom stereocenters. The van der Waals surface area contributed by atoms with Gasteiger partial charge in [0.2, 0.25) is 10.0 Å². The minimum absolute atomic E-state index is 0.200. The molecule has 8 heteroatoms. The maximum atomic E-state index is 12.1. The third-order valence-electron chi connectivity index (χ3n) is 4.04. The number of hydrogen-bond acceptors (Lipinski definition) is 4. The van der Waals surface area contributed by atoms with Crippen LogP contribution in [0.2, 0.25) is 0 Å². The number of sulfonamides is 1. The Kier molecular flexibility index (Phi) is 5.41. The lowest BCUT2D eigenvalue weighted by atomic mass is 10.1. The summed E-state index contributed by atoms with van der Waals surface area (Å²) >= 11 is 1.25. The lowest BCUT2D eigenvalue weighted by molar-refractivity contribution is 0.584. The molecule has 0 unspecified atom stereocenters. The Morgan fingerprint density at radius 3 is 2.80 bits per heavy atom. The monoisotopic (exact) mass is 378 g/mol. The van der Waals surface area contributed by atoms with Gasteiger partial charge in [-0.15, -0.1) is 11.3 Å². The number of nitrogens with two attached hydrogens (primary N) is 1. The first-order valence-electron chi connectivity index (χ1n) is 8.19. The normalized spacial score (nSPS) is 14.5. The van der Waals surface area contributed by atoms with Crippen LogP contribution < -0.4 is 15.8 Å². The molecule has 1 aliphatic carbocycles. The molecule has 0 spiro atoms. The second kappa shape index (κ2) is 7.55. The van der Waals surface area contributed by atoms with E-state index in [1.807, 2.05) is 13.0 Å².